The quantitative estimate of drug-likeness (QED) is 0.506. The second-order valence-electron chi connectivity index (χ2n) is 8.33. The van der Waals surface area contributed by atoms with Crippen molar-refractivity contribution in [1.29, 1.82) is 0 Å². The maximum Gasteiger partial charge on any atom is 0.308 e. The molecule has 7 heteroatoms. The number of sulfonamides is 1. The molecule has 0 aliphatic carbocycles. The Kier molecular flexibility index (Phi) is 7.22. The zero-order valence-electron chi connectivity index (χ0n) is 18.4. The van der Waals surface area contributed by atoms with Gasteiger partial charge in [-0.1, -0.05) is 78.4 Å². The summed E-state index contributed by atoms with van der Waals surface area (Å²) < 4.78 is 28.7. The normalized spacial score (nSPS) is 21.5. The van der Waals surface area contributed by atoms with E-state index in [0.717, 1.165) is 16.7 Å². The van der Waals surface area contributed by atoms with Crippen molar-refractivity contribution in [3.05, 3.63) is 102 Å². The van der Waals surface area contributed by atoms with Gasteiger partial charge in [0.1, 0.15) is 0 Å². The molecule has 172 valence electrons. The minimum atomic E-state index is -3.87. The minimum absolute atomic E-state index is 0.0580. The van der Waals surface area contributed by atoms with Gasteiger partial charge in [0, 0.05) is 17.5 Å². The number of rotatable bonds is 7. The SMILES string of the molecule is Cc1ccc(S(=O)(=O)N2C[C@@H](C(=O)O)[C@H](SCc3ccccc3)C[C@H]2c2ccccc2)cc1. The van der Waals surface area contributed by atoms with Crippen LogP contribution in [0.4, 0.5) is 0 Å². The van der Waals surface area contributed by atoms with Crippen molar-refractivity contribution in [3.63, 3.8) is 0 Å². The van der Waals surface area contributed by atoms with Gasteiger partial charge in [-0.3, -0.25) is 4.79 Å². The third-order valence-electron chi connectivity index (χ3n) is 6.06. The predicted octanol–water partition coefficient (Wildman–Crippen LogP) is 5.13. The molecular formula is C26H27NO4S2. The van der Waals surface area contributed by atoms with E-state index >= 15 is 0 Å². The van der Waals surface area contributed by atoms with E-state index in [1.807, 2.05) is 67.6 Å². The molecule has 1 saturated heterocycles. The lowest BCUT2D eigenvalue weighted by Crippen LogP contribution is -2.49. The molecule has 1 N–H and O–H groups in total. The van der Waals surface area contributed by atoms with Crippen molar-refractivity contribution >= 4 is 27.8 Å². The first-order valence-electron chi connectivity index (χ1n) is 10.9. The first kappa shape index (κ1) is 23.5. The number of carboxylic acid groups (broad SMARTS) is 1. The van der Waals surface area contributed by atoms with Crippen molar-refractivity contribution in [2.45, 2.75) is 35.3 Å². The van der Waals surface area contributed by atoms with Crippen LogP contribution < -0.4 is 0 Å². The van der Waals surface area contributed by atoms with E-state index in [-0.39, 0.29) is 16.7 Å². The molecule has 4 rings (SSSR count). The van der Waals surface area contributed by atoms with Gasteiger partial charge in [0.25, 0.3) is 0 Å². The summed E-state index contributed by atoms with van der Waals surface area (Å²) in [6.07, 6.45) is 0.434. The number of piperidine rings is 1. The van der Waals surface area contributed by atoms with Crippen LogP contribution in [0, 0.1) is 12.8 Å². The summed E-state index contributed by atoms with van der Waals surface area (Å²) in [7, 11) is -3.87. The van der Waals surface area contributed by atoms with Crippen molar-refractivity contribution < 1.29 is 18.3 Å². The molecule has 5 nitrogen and oxygen atoms in total. The molecule has 0 aromatic heterocycles. The number of thioether (sulfide) groups is 1. The lowest BCUT2D eigenvalue weighted by molar-refractivity contribution is -0.143. The smallest absolute Gasteiger partial charge is 0.308 e. The highest BCUT2D eigenvalue weighted by atomic mass is 32.2. The van der Waals surface area contributed by atoms with Crippen LogP contribution in [-0.4, -0.2) is 35.6 Å². The summed E-state index contributed by atoms with van der Waals surface area (Å²) in [5, 5.41) is 9.81. The van der Waals surface area contributed by atoms with Crippen LogP contribution in [-0.2, 0) is 20.6 Å². The standard InChI is InChI=1S/C26H27NO4S2/c1-19-12-14-22(15-13-19)33(30,31)27-17-23(26(28)29)25(32-18-20-8-4-2-5-9-20)16-24(27)21-10-6-3-7-11-21/h2-15,23-25H,16-18H2,1H3,(H,28,29)/t23-,24+,25-/m1/s1. The number of hydrogen-bond donors (Lipinski definition) is 1. The van der Waals surface area contributed by atoms with Gasteiger partial charge in [0.15, 0.2) is 0 Å². The summed E-state index contributed by atoms with van der Waals surface area (Å²) in [4.78, 5) is 12.4. The van der Waals surface area contributed by atoms with Crippen LogP contribution >= 0.6 is 11.8 Å². The number of hydrogen-bond acceptors (Lipinski definition) is 4. The van der Waals surface area contributed by atoms with Crippen LogP contribution in [0.5, 0.6) is 0 Å². The van der Waals surface area contributed by atoms with Crippen LogP contribution in [0.2, 0.25) is 0 Å². The molecule has 0 unspecified atom stereocenters. The number of benzene rings is 3. The van der Waals surface area contributed by atoms with Gasteiger partial charge in [-0.05, 0) is 36.6 Å². The maximum atomic E-state index is 13.7. The van der Waals surface area contributed by atoms with Gasteiger partial charge < -0.3 is 5.11 Å². The Balaban J connectivity index is 1.68. The Morgan fingerprint density at radius 2 is 1.58 bits per heavy atom. The summed E-state index contributed by atoms with van der Waals surface area (Å²) in [6.45, 7) is 1.84. The van der Waals surface area contributed by atoms with Crippen molar-refractivity contribution in [2.24, 2.45) is 5.92 Å². The lowest BCUT2D eigenvalue weighted by atomic mass is 9.90. The highest BCUT2D eigenvalue weighted by molar-refractivity contribution is 7.99. The highest BCUT2D eigenvalue weighted by Crippen LogP contribution is 2.42. The van der Waals surface area contributed by atoms with E-state index in [1.165, 1.54) is 4.31 Å². The first-order valence-corrected chi connectivity index (χ1v) is 13.4. The average Bonchev–Trinajstić information content (AvgIpc) is 2.83. The zero-order chi connectivity index (χ0) is 23.4. The van der Waals surface area contributed by atoms with E-state index in [1.54, 1.807) is 36.0 Å². The first-order chi connectivity index (χ1) is 15.9. The number of nitrogens with zero attached hydrogens (tertiary/aromatic N) is 1. The van der Waals surface area contributed by atoms with E-state index in [4.69, 9.17) is 0 Å². The van der Waals surface area contributed by atoms with Crippen LogP contribution in [0.15, 0.2) is 89.8 Å². The topological polar surface area (TPSA) is 74.7 Å². The summed E-state index contributed by atoms with van der Waals surface area (Å²) in [6, 6.07) is 25.7. The fourth-order valence-electron chi connectivity index (χ4n) is 4.23. The van der Waals surface area contributed by atoms with Gasteiger partial charge in [0.05, 0.1) is 16.9 Å². The Morgan fingerprint density at radius 1 is 0.970 bits per heavy atom. The van der Waals surface area contributed by atoms with E-state index < -0.39 is 28.0 Å². The second-order valence-corrected chi connectivity index (χ2v) is 11.4. The number of carboxylic acids is 1. The molecule has 0 amide bonds. The molecule has 1 fully saturated rings. The Labute approximate surface area is 199 Å². The molecule has 1 aliphatic rings. The summed E-state index contributed by atoms with van der Waals surface area (Å²) in [5.41, 5.74) is 2.97. The molecule has 0 bridgehead atoms. The molecule has 3 aromatic rings. The van der Waals surface area contributed by atoms with Crippen molar-refractivity contribution in [3.8, 4) is 0 Å². The third kappa shape index (κ3) is 5.32. The molecule has 1 heterocycles. The molecule has 0 saturated carbocycles. The van der Waals surface area contributed by atoms with Crippen molar-refractivity contribution in [2.75, 3.05) is 6.54 Å². The minimum Gasteiger partial charge on any atom is -0.481 e. The van der Waals surface area contributed by atoms with E-state index in [0.29, 0.717) is 12.2 Å². The molecule has 0 spiro atoms. The van der Waals surface area contributed by atoms with Gasteiger partial charge in [0.2, 0.25) is 10.0 Å². The number of carbonyl (C=O) groups is 1. The lowest BCUT2D eigenvalue weighted by Gasteiger charge is -2.41. The third-order valence-corrected chi connectivity index (χ3v) is 9.40. The van der Waals surface area contributed by atoms with Gasteiger partial charge >= 0.3 is 5.97 Å². The Hall–Kier alpha value is -2.61. The molecular weight excluding hydrogens is 454 g/mol. The maximum absolute atomic E-state index is 13.7. The fourth-order valence-corrected chi connectivity index (χ4v) is 7.23. The van der Waals surface area contributed by atoms with Gasteiger partial charge in [-0.15, -0.1) is 0 Å². The molecule has 3 aromatic carbocycles. The monoisotopic (exact) mass is 481 g/mol. The average molecular weight is 482 g/mol. The zero-order valence-corrected chi connectivity index (χ0v) is 20.0. The summed E-state index contributed by atoms with van der Waals surface area (Å²) in [5.74, 6) is -1.07. The van der Waals surface area contributed by atoms with E-state index in [9.17, 15) is 18.3 Å². The van der Waals surface area contributed by atoms with Crippen LogP contribution in [0.3, 0.4) is 0 Å². The van der Waals surface area contributed by atoms with Crippen molar-refractivity contribution in [1.82, 2.24) is 4.31 Å². The predicted molar refractivity (Wildman–Crippen MR) is 132 cm³/mol. The van der Waals surface area contributed by atoms with Gasteiger partial charge in [-0.25, -0.2) is 8.42 Å². The number of aliphatic carboxylic acids is 1. The fraction of sp³-hybridized carbons (Fsp3) is 0.269. The van der Waals surface area contributed by atoms with Crippen LogP contribution in [0.1, 0.15) is 29.2 Å². The Bertz CT molecular complexity index is 1180. The molecule has 0 radical (unpaired) electrons. The summed E-state index contributed by atoms with van der Waals surface area (Å²) >= 11 is 1.59. The van der Waals surface area contributed by atoms with E-state index in [2.05, 4.69) is 0 Å². The molecule has 1 aliphatic heterocycles. The molecule has 3 atom stereocenters. The number of aryl methyl sites for hydroxylation is 1. The largest absolute Gasteiger partial charge is 0.481 e. The molecule has 33 heavy (non-hydrogen) atoms. The highest BCUT2D eigenvalue weighted by Gasteiger charge is 2.45. The van der Waals surface area contributed by atoms with Crippen LogP contribution in [0.25, 0.3) is 0 Å². The van der Waals surface area contributed by atoms with Gasteiger partial charge in [-0.2, -0.15) is 16.1 Å². The second kappa shape index (κ2) is 10.1. The Morgan fingerprint density at radius 3 is 2.18 bits per heavy atom.